The van der Waals surface area contributed by atoms with Gasteiger partial charge in [0.05, 0.1) is 6.10 Å². The summed E-state index contributed by atoms with van der Waals surface area (Å²) in [5, 5.41) is 9.51. The molecule has 3 heteroatoms. The molecule has 2 rings (SSSR count). The van der Waals surface area contributed by atoms with Crippen molar-refractivity contribution in [1.82, 2.24) is 0 Å². The summed E-state index contributed by atoms with van der Waals surface area (Å²) in [7, 11) is 0. The predicted octanol–water partition coefficient (Wildman–Crippen LogP) is 0.709. The number of aliphatic hydroxyl groups is 1. The molecule has 4 atom stereocenters. The van der Waals surface area contributed by atoms with Crippen LogP contribution in [0, 0.1) is 11.8 Å². The lowest BCUT2D eigenvalue weighted by Crippen LogP contribution is -2.31. The fourth-order valence-corrected chi connectivity index (χ4v) is 2.60. The second-order valence-electron chi connectivity index (χ2n) is 3.95. The lowest BCUT2D eigenvalue weighted by atomic mass is 9.95. The van der Waals surface area contributed by atoms with Crippen molar-refractivity contribution in [2.24, 2.45) is 11.8 Å². The van der Waals surface area contributed by atoms with Crippen LogP contribution in [0.15, 0.2) is 0 Å². The standard InChI is InChI=1S/C9H14O3/c1-5(10)12-9-4-6-2-7(9)8(11)3-6/h6-9,11H,2-4H2,1H3. The largest absolute Gasteiger partial charge is 0.462 e. The Morgan fingerprint density at radius 2 is 2.17 bits per heavy atom. The van der Waals surface area contributed by atoms with Gasteiger partial charge in [0, 0.05) is 12.8 Å². The molecule has 4 unspecified atom stereocenters. The van der Waals surface area contributed by atoms with Crippen LogP contribution in [0.1, 0.15) is 26.2 Å². The molecule has 0 aromatic carbocycles. The molecule has 0 saturated heterocycles. The van der Waals surface area contributed by atoms with E-state index in [0.29, 0.717) is 5.92 Å². The first kappa shape index (κ1) is 8.05. The average molecular weight is 170 g/mol. The number of fused-ring (bicyclic) bond motifs is 2. The van der Waals surface area contributed by atoms with Gasteiger partial charge in [-0.25, -0.2) is 0 Å². The summed E-state index contributed by atoms with van der Waals surface area (Å²) in [5.74, 6) is 0.591. The topological polar surface area (TPSA) is 46.5 Å². The molecule has 1 N–H and O–H groups in total. The van der Waals surface area contributed by atoms with Gasteiger partial charge in [-0.15, -0.1) is 0 Å². The molecule has 2 aliphatic rings. The van der Waals surface area contributed by atoms with Crippen LogP contribution < -0.4 is 0 Å². The molecular formula is C9H14O3. The highest BCUT2D eigenvalue weighted by molar-refractivity contribution is 5.66. The summed E-state index contributed by atoms with van der Waals surface area (Å²) in [6.07, 6.45) is 2.67. The van der Waals surface area contributed by atoms with Gasteiger partial charge in [0.25, 0.3) is 0 Å². The second kappa shape index (κ2) is 2.73. The maximum atomic E-state index is 10.7. The van der Waals surface area contributed by atoms with Crippen LogP contribution >= 0.6 is 0 Å². The van der Waals surface area contributed by atoms with Gasteiger partial charge in [-0.3, -0.25) is 4.79 Å². The van der Waals surface area contributed by atoms with E-state index in [-0.39, 0.29) is 24.1 Å². The number of hydrogen-bond donors (Lipinski definition) is 1. The molecular weight excluding hydrogens is 156 g/mol. The van der Waals surface area contributed by atoms with E-state index >= 15 is 0 Å². The first-order valence-corrected chi connectivity index (χ1v) is 4.52. The van der Waals surface area contributed by atoms with Crippen LogP contribution in [0.2, 0.25) is 0 Å². The van der Waals surface area contributed by atoms with E-state index in [1.54, 1.807) is 0 Å². The van der Waals surface area contributed by atoms with Crippen molar-refractivity contribution < 1.29 is 14.6 Å². The van der Waals surface area contributed by atoms with E-state index in [2.05, 4.69) is 0 Å². The van der Waals surface area contributed by atoms with Gasteiger partial charge in [-0.05, 0) is 25.2 Å². The third-order valence-corrected chi connectivity index (χ3v) is 3.04. The summed E-state index contributed by atoms with van der Waals surface area (Å²) >= 11 is 0. The lowest BCUT2D eigenvalue weighted by Gasteiger charge is -2.25. The van der Waals surface area contributed by atoms with E-state index in [4.69, 9.17) is 4.74 Å². The van der Waals surface area contributed by atoms with Gasteiger partial charge < -0.3 is 9.84 Å². The Kier molecular flexibility index (Phi) is 1.83. The van der Waals surface area contributed by atoms with E-state index < -0.39 is 0 Å². The van der Waals surface area contributed by atoms with Crippen molar-refractivity contribution in [3.05, 3.63) is 0 Å². The van der Waals surface area contributed by atoms with Crippen molar-refractivity contribution in [3.8, 4) is 0 Å². The fraction of sp³-hybridized carbons (Fsp3) is 0.889. The van der Waals surface area contributed by atoms with Crippen LogP contribution in [0.4, 0.5) is 0 Å². The third-order valence-electron chi connectivity index (χ3n) is 3.04. The van der Waals surface area contributed by atoms with Gasteiger partial charge in [0.2, 0.25) is 0 Å². The Labute approximate surface area is 71.7 Å². The third kappa shape index (κ3) is 1.22. The smallest absolute Gasteiger partial charge is 0.302 e. The van der Waals surface area contributed by atoms with Crippen LogP contribution in [0.3, 0.4) is 0 Å². The Morgan fingerprint density at radius 3 is 2.67 bits per heavy atom. The van der Waals surface area contributed by atoms with E-state index in [0.717, 1.165) is 19.3 Å². The van der Waals surface area contributed by atoms with Gasteiger partial charge in [0.15, 0.2) is 0 Å². The highest BCUT2D eigenvalue weighted by Gasteiger charge is 2.47. The van der Waals surface area contributed by atoms with Crippen LogP contribution in [-0.2, 0) is 9.53 Å². The van der Waals surface area contributed by atoms with Crippen molar-refractivity contribution in [2.75, 3.05) is 0 Å². The summed E-state index contributed by atoms with van der Waals surface area (Å²) in [5.41, 5.74) is 0. The highest BCUT2D eigenvalue weighted by atomic mass is 16.5. The van der Waals surface area contributed by atoms with Gasteiger partial charge >= 0.3 is 5.97 Å². The number of rotatable bonds is 1. The second-order valence-corrected chi connectivity index (χ2v) is 3.95. The van der Waals surface area contributed by atoms with Crippen molar-refractivity contribution in [3.63, 3.8) is 0 Å². The molecule has 12 heavy (non-hydrogen) atoms. The first-order valence-electron chi connectivity index (χ1n) is 4.52. The van der Waals surface area contributed by atoms with E-state index in [9.17, 15) is 9.90 Å². The van der Waals surface area contributed by atoms with E-state index in [1.807, 2.05) is 0 Å². The molecule has 0 spiro atoms. The highest BCUT2D eigenvalue weighted by Crippen LogP contribution is 2.45. The molecule has 0 aromatic heterocycles. The molecule has 2 aliphatic carbocycles. The lowest BCUT2D eigenvalue weighted by molar-refractivity contribution is -0.151. The average Bonchev–Trinajstić information content (AvgIpc) is 2.43. The Bertz CT molecular complexity index is 202. The van der Waals surface area contributed by atoms with Gasteiger partial charge in [-0.1, -0.05) is 0 Å². The minimum atomic E-state index is -0.229. The first-order chi connectivity index (χ1) is 5.66. The zero-order chi connectivity index (χ0) is 8.72. The van der Waals surface area contributed by atoms with Crippen LogP contribution in [0.25, 0.3) is 0 Å². The molecule has 0 aromatic rings. The molecule has 2 saturated carbocycles. The molecule has 0 aliphatic heterocycles. The van der Waals surface area contributed by atoms with Gasteiger partial charge in [0.1, 0.15) is 6.10 Å². The van der Waals surface area contributed by atoms with Crippen LogP contribution in [-0.4, -0.2) is 23.3 Å². The number of esters is 1. The minimum Gasteiger partial charge on any atom is -0.462 e. The summed E-state index contributed by atoms with van der Waals surface area (Å²) < 4.78 is 5.12. The fourth-order valence-electron chi connectivity index (χ4n) is 2.60. The maximum absolute atomic E-state index is 10.7. The van der Waals surface area contributed by atoms with Crippen molar-refractivity contribution in [1.29, 1.82) is 0 Å². The Morgan fingerprint density at radius 1 is 1.42 bits per heavy atom. The number of hydrogen-bond acceptors (Lipinski definition) is 3. The van der Waals surface area contributed by atoms with Crippen molar-refractivity contribution in [2.45, 2.75) is 38.4 Å². The molecule has 2 fully saturated rings. The molecule has 3 nitrogen and oxygen atoms in total. The molecule has 0 heterocycles. The predicted molar refractivity (Wildman–Crippen MR) is 42.4 cm³/mol. The quantitative estimate of drug-likeness (QED) is 0.589. The zero-order valence-corrected chi connectivity index (χ0v) is 7.19. The van der Waals surface area contributed by atoms with E-state index in [1.165, 1.54) is 6.92 Å². The molecule has 0 amide bonds. The Hall–Kier alpha value is -0.570. The number of carbonyl (C=O) groups is 1. The summed E-state index contributed by atoms with van der Waals surface area (Å²) in [6, 6.07) is 0. The molecule has 0 radical (unpaired) electrons. The summed E-state index contributed by atoms with van der Waals surface area (Å²) in [4.78, 5) is 10.7. The molecule has 2 bridgehead atoms. The normalized spacial score (nSPS) is 44.8. The number of carbonyl (C=O) groups excluding carboxylic acids is 1. The number of aliphatic hydroxyl groups excluding tert-OH is 1. The SMILES string of the molecule is CC(=O)OC1CC2CC(O)C1C2. The van der Waals surface area contributed by atoms with Crippen LogP contribution in [0.5, 0.6) is 0 Å². The zero-order valence-electron chi connectivity index (χ0n) is 7.19. The number of ether oxygens (including phenoxy) is 1. The monoisotopic (exact) mass is 170 g/mol. The summed E-state index contributed by atoms with van der Waals surface area (Å²) in [6.45, 7) is 1.43. The molecule has 68 valence electrons. The van der Waals surface area contributed by atoms with Crippen molar-refractivity contribution >= 4 is 5.97 Å². The Balaban J connectivity index is 1.98. The minimum absolute atomic E-state index is 0.00347. The van der Waals surface area contributed by atoms with Gasteiger partial charge in [-0.2, -0.15) is 0 Å². The maximum Gasteiger partial charge on any atom is 0.302 e.